The monoisotopic (exact) mass is 334 g/mol. The van der Waals surface area contributed by atoms with E-state index in [0.29, 0.717) is 23.1 Å². The lowest BCUT2D eigenvalue weighted by molar-refractivity contribution is -0.127. The van der Waals surface area contributed by atoms with Crippen molar-refractivity contribution in [3.63, 3.8) is 0 Å². The molecule has 23 heavy (non-hydrogen) atoms. The second kappa shape index (κ2) is 7.60. The quantitative estimate of drug-likeness (QED) is 0.630. The maximum absolute atomic E-state index is 12.9. The van der Waals surface area contributed by atoms with Crippen LogP contribution in [0.1, 0.15) is 6.42 Å². The Bertz CT molecular complexity index is 724. The molecule has 0 atom stereocenters. The van der Waals surface area contributed by atoms with Crippen LogP contribution in [0.2, 0.25) is 0 Å². The number of aromatic nitrogens is 3. The zero-order chi connectivity index (χ0) is 16.8. The minimum Gasteiger partial charge on any atom is -0.344 e. The number of hydrogen-bond acceptors (Lipinski definition) is 6. The van der Waals surface area contributed by atoms with Crippen LogP contribution in [0.15, 0.2) is 29.4 Å². The van der Waals surface area contributed by atoms with Gasteiger partial charge in [-0.2, -0.15) is 5.26 Å². The van der Waals surface area contributed by atoms with E-state index in [0.717, 1.165) is 11.8 Å². The number of carbonyl (C=O) groups excluding carboxylic acids is 1. The minimum atomic E-state index is -0.350. The lowest BCUT2D eigenvalue weighted by Gasteiger charge is -2.14. The van der Waals surface area contributed by atoms with Crippen molar-refractivity contribution < 1.29 is 9.18 Å². The Morgan fingerprint density at radius 3 is 2.78 bits per heavy atom. The first-order valence-electron chi connectivity index (χ1n) is 6.73. The second-order valence-corrected chi connectivity index (χ2v) is 5.64. The van der Waals surface area contributed by atoms with Crippen molar-refractivity contribution in [1.82, 2.24) is 19.8 Å². The molecule has 0 aliphatic carbocycles. The molecule has 7 nitrogen and oxygen atoms in total. The molecule has 0 spiro atoms. The molecule has 2 aromatic rings. The fourth-order valence-corrected chi connectivity index (χ4v) is 2.55. The Morgan fingerprint density at radius 2 is 2.13 bits per heavy atom. The van der Waals surface area contributed by atoms with E-state index in [1.165, 1.54) is 21.7 Å². The Hall–Kier alpha value is -2.60. The lowest BCUT2D eigenvalue weighted by atomic mass is 10.2. The highest BCUT2D eigenvalue weighted by Crippen LogP contribution is 2.21. The van der Waals surface area contributed by atoms with Gasteiger partial charge in [0.2, 0.25) is 11.1 Å². The molecule has 2 N–H and O–H groups in total. The third kappa shape index (κ3) is 4.20. The van der Waals surface area contributed by atoms with Crippen LogP contribution in [0.4, 0.5) is 4.39 Å². The second-order valence-electron chi connectivity index (χ2n) is 4.70. The van der Waals surface area contributed by atoms with E-state index in [2.05, 4.69) is 10.2 Å². The van der Waals surface area contributed by atoms with Gasteiger partial charge in [-0.3, -0.25) is 4.79 Å². The summed E-state index contributed by atoms with van der Waals surface area (Å²) in [6.07, 6.45) is 0.286. The van der Waals surface area contributed by atoms with Crippen LogP contribution >= 0.6 is 11.8 Å². The highest BCUT2D eigenvalue weighted by atomic mass is 32.2. The SMILES string of the molecule is CN(CCC#N)C(=O)CSc1nnc(-c2ccc(F)cc2)n1N. The van der Waals surface area contributed by atoms with Crippen LogP contribution in [-0.2, 0) is 4.79 Å². The molecule has 120 valence electrons. The number of benzene rings is 1. The summed E-state index contributed by atoms with van der Waals surface area (Å²) in [5, 5.41) is 16.8. The van der Waals surface area contributed by atoms with Gasteiger partial charge in [-0.15, -0.1) is 10.2 Å². The molecule has 1 amide bonds. The fraction of sp³-hybridized carbons (Fsp3) is 0.286. The van der Waals surface area contributed by atoms with Crippen molar-refractivity contribution >= 4 is 17.7 Å². The number of halogens is 1. The van der Waals surface area contributed by atoms with Gasteiger partial charge in [-0.05, 0) is 24.3 Å². The van der Waals surface area contributed by atoms with Crippen LogP contribution < -0.4 is 5.84 Å². The van der Waals surface area contributed by atoms with Crippen molar-refractivity contribution in [1.29, 1.82) is 5.26 Å². The summed E-state index contributed by atoms with van der Waals surface area (Å²) in [4.78, 5) is 13.4. The Labute approximate surface area is 136 Å². The first-order chi connectivity index (χ1) is 11.0. The Balaban J connectivity index is 2.01. The maximum Gasteiger partial charge on any atom is 0.232 e. The lowest BCUT2D eigenvalue weighted by Crippen LogP contribution is -2.29. The molecular weight excluding hydrogens is 319 g/mol. The fourth-order valence-electron chi connectivity index (χ4n) is 1.75. The number of nitriles is 1. The van der Waals surface area contributed by atoms with Crippen LogP contribution in [0.25, 0.3) is 11.4 Å². The molecule has 0 radical (unpaired) electrons. The summed E-state index contributed by atoms with van der Waals surface area (Å²) in [6.45, 7) is 0.381. The normalized spacial score (nSPS) is 10.3. The van der Waals surface area contributed by atoms with Gasteiger partial charge in [-0.1, -0.05) is 11.8 Å². The molecule has 0 aliphatic rings. The van der Waals surface area contributed by atoms with Gasteiger partial charge in [0, 0.05) is 19.2 Å². The molecule has 0 unspecified atom stereocenters. The third-order valence-corrected chi connectivity index (χ3v) is 4.00. The van der Waals surface area contributed by atoms with E-state index in [4.69, 9.17) is 11.1 Å². The standard InChI is InChI=1S/C14H15FN6OS/c1-20(8-2-7-16)12(22)9-23-14-19-18-13(21(14)17)10-3-5-11(15)6-4-10/h3-6H,2,8-9,17H2,1H3. The van der Waals surface area contributed by atoms with Crippen LogP contribution in [0.3, 0.4) is 0 Å². The molecule has 0 saturated carbocycles. The summed E-state index contributed by atoms with van der Waals surface area (Å²) >= 11 is 1.15. The van der Waals surface area contributed by atoms with Crippen LogP contribution in [0, 0.1) is 17.1 Å². The molecule has 9 heteroatoms. The average Bonchev–Trinajstić information content (AvgIpc) is 2.92. The van der Waals surface area contributed by atoms with E-state index >= 15 is 0 Å². The summed E-state index contributed by atoms with van der Waals surface area (Å²) in [5.41, 5.74) is 0.630. The molecule has 0 fully saturated rings. The van der Waals surface area contributed by atoms with Crippen molar-refractivity contribution in [2.24, 2.45) is 0 Å². The first-order valence-corrected chi connectivity index (χ1v) is 7.71. The van der Waals surface area contributed by atoms with E-state index in [1.54, 1.807) is 19.2 Å². The van der Waals surface area contributed by atoms with Crippen LogP contribution in [0.5, 0.6) is 0 Å². The molecule has 0 aliphatic heterocycles. The molecule has 0 saturated heterocycles. The summed E-state index contributed by atoms with van der Waals surface area (Å²) < 4.78 is 14.2. The molecule has 0 bridgehead atoms. The minimum absolute atomic E-state index is 0.128. The number of amides is 1. The largest absolute Gasteiger partial charge is 0.344 e. The van der Waals surface area contributed by atoms with E-state index < -0.39 is 0 Å². The average molecular weight is 334 g/mol. The van der Waals surface area contributed by atoms with E-state index in [9.17, 15) is 9.18 Å². The molecule has 1 heterocycles. The van der Waals surface area contributed by atoms with Crippen molar-refractivity contribution in [3.8, 4) is 17.5 Å². The summed E-state index contributed by atoms with van der Waals surface area (Å²) in [6, 6.07) is 7.72. The van der Waals surface area contributed by atoms with Gasteiger partial charge in [0.15, 0.2) is 5.82 Å². The molecular formula is C14H15FN6OS. The summed E-state index contributed by atoms with van der Waals surface area (Å²) in [5.74, 6) is 5.97. The van der Waals surface area contributed by atoms with E-state index in [-0.39, 0.29) is 23.9 Å². The van der Waals surface area contributed by atoms with Gasteiger partial charge < -0.3 is 10.7 Å². The predicted molar refractivity (Wildman–Crippen MR) is 84.2 cm³/mol. The number of hydrogen-bond donors (Lipinski definition) is 1. The van der Waals surface area contributed by atoms with Crippen LogP contribution in [-0.4, -0.2) is 45.0 Å². The topological polar surface area (TPSA) is 101 Å². The molecule has 1 aromatic carbocycles. The maximum atomic E-state index is 12.9. The number of nitrogens with two attached hydrogens (primary N) is 1. The van der Waals surface area contributed by atoms with E-state index in [1.807, 2.05) is 6.07 Å². The van der Waals surface area contributed by atoms with Gasteiger partial charge in [0.25, 0.3) is 0 Å². The van der Waals surface area contributed by atoms with Gasteiger partial charge in [-0.25, -0.2) is 9.07 Å². The first kappa shape index (κ1) is 16.8. The molecule has 1 aromatic heterocycles. The Kier molecular flexibility index (Phi) is 5.54. The predicted octanol–water partition coefficient (Wildman–Crippen LogP) is 1.26. The Morgan fingerprint density at radius 1 is 1.43 bits per heavy atom. The zero-order valence-electron chi connectivity index (χ0n) is 12.4. The number of rotatable bonds is 6. The number of carbonyl (C=O) groups is 1. The number of thioether (sulfide) groups is 1. The smallest absolute Gasteiger partial charge is 0.232 e. The third-order valence-electron chi connectivity index (χ3n) is 3.08. The van der Waals surface area contributed by atoms with Gasteiger partial charge in [0.05, 0.1) is 18.2 Å². The number of nitrogen functional groups attached to an aromatic ring is 1. The summed E-state index contributed by atoms with van der Waals surface area (Å²) in [7, 11) is 1.64. The molecule has 2 rings (SSSR count). The highest BCUT2D eigenvalue weighted by Gasteiger charge is 2.15. The van der Waals surface area contributed by atoms with Crippen molar-refractivity contribution in [3.05, 3.63) is 30.1 Å². The number of nitrogens with zero attached hydrogens (tertiary/aromatic N) is 5. The van der Waals surface area contributed by atoms with Crippen molar-refractivity contribution in [2.75, 3.05) is 25.2 Å². The van der Waals surface area contributed by atoms with Gasteiger partial charge >= 0.3 is 0 Å². The van der Waals surface area contributed by atoms with Crippen molar-refractivity contribution in [2.45, 2.75) is 11.6 Å². The van der Waals surface area contributed by atoms with Gasteiger partial charge in [0.1, 0.15) is 5.82 Å². The highest BCUT2D eigenvalue weighted by molar-refractivity contribution is 7.99. The zero-order valence-corrected chi connectivity index (χ0v) is 13.3.